The molecule has 1 aromatic heterocycles. The average molecular weight is 380 g/mol. The van der Waals surface area contributed by atoms with Crippen LogP contribution in [0, 0.1) is 5.41 Å². The second-order valence-electron chi connectivity index (χ2n) is 7.21. The molecular formula is C17H24N4O6. The van der Waals surface area contributed by atoms with E-state index in [9.17, 15) is 9.59 Å². The van der Waals surface area contributed by atoms with Crippen molar-refractivity contribution >= 4 is 18.3 Å². The predicted octanol–water partition coefficient (Wildman–Crippen LogP) is 0.404. The third-order valence-electron chi connectivity index (χ3n) is 5.57. The molecule has 4 heterocycles. The molecule has 148 valence electrons. The maximum atomic E-state index is 12.5. The predicted molar refractivity (Wildman–Crippen MR) is 90.7 cm³/mol. The molecule has 0 bridgehead atoms. The van der Waals surface area contributed by atoms with Gasteiger partial charge in [-0.15, -0.1) is 0 Å². The van der Waals surface area contributed by atoms with Crippen LogP contribution in [0.1, 0.15) is 42.6 Å². The molecule has 3 aliphatic heterocycles. The second kappa shape index (κ2) is 8.47. The molecule has 0 saturated carbocycles. The maximum absolute atomic E-state index is 12.5. The van der Waals surface area contributed by atoms with Crippen LogP contribution in [-0.2, 0) is 14.3 Å². The maximum Gasteiger partial charge on any atom is 0.312 e. The summed E-state index contributed by atoms with van der Waals surface area (Å²) in [5, 5.41) is 13.9. The lowest BCUT2D eigenvalue weighted by molar-refractivity contribution is -0.151. The molecule has 27 heavy (non-hydrogen) atoms. The van der Waals surface area contributed by atoms with Gasteiger partial charge in [0.15, 0.2) is 5.69 Å². The summed E-state index contributed by atoms with van der Waals surface area (Å²) in [5.74, 6) is -0.270. The molecule has 3 aliphatic rings. The van der Waals surface area contributed by atoms with Crippen molar-refractivity contribution in [2.45, 2.75) is 38.2 Å². The van der Waals surface area contributed by atoms with E-state index in [-0.39, 0.29) is 30.1 Å². The molecule has 1 atom stereocenters. The van der Waals surface area contributed by atoms with Crippen molar-refractivity contribution in [3.8, 4) is 0 Å². The van der Waals surface area contributed by atoms with Crippen molar-refractivity contribution in [3.05, 3.63) is 11.9 Å². The van der Waals surface area contributed by atoms with Crippen molar-refractivity contribution in [3.63, 3.8) is 0 Å². The molecule has 10 heteroatoms. The highest BCUT2D eigenvalue weighted by atomic mass is 16.6. The first-order valence-corrected chi connectivity index (χ1v) is 9.16. The summed E-state index contributed by atoms with van der Waals surface area (Å²) in [6, 6.07) is 0. The Morgan fingerprint density at radius 3 is 2.56 bits per heavy atom. The van der Waals surface area contributed by atoms with Gasteiger partial charge in [0.2, 0.25) is 0 Å². The van der Waals surface area contributed by atoms with Gasteiger partial charge in [0, 0.05) is 26.1 Å². The summed E-state index contributed by atoms with van der Waals surface area (Å²) in [4.78, 5) is 37.2. The van der Waals surface area contributed by atoms with Gasteiger partial charge in [0.25, 0.3) is 12.4 Å². The van der Waals surface area contributed by atoms with Crippen LogP contribution in [-0.4, -0.2) is 82.4 Å². The minimum Gasteiger partial charge on any atom is -0.483 e. The minimum absolute atomic E-state index is 0.00223. The Hall–Kier alpha value is -2.49. The van der Waals surface area contributed by atoms with Crippen molar-refractivity contribution < 1.29 is 28.9 Å². The number of aromatic nitrogens is 2. The fourth-order valence-corrected chi connectivity index (χ4v) is 4.16. The molecule has 1 N–H and O–H groups in total. The number of esters is 1. The number of hydrogen-bond acceptors (Lipinski definition) is 8. The fraction of sp³-hybridized carbons (Fsp3) is 0.706. The Morgan fingerprint density at radius 2 is 1.96 bits per heavy atom. The Kier molecular flexibility index (Phi) is 6.04. The van der Waals surface area contributed by atoms with Gasteiger partial charge in [-0.1, -0.05) is 5.16 Å². The Morgan fingerprint density at radius 1 is 1.30 bits per heavy atom. The summed E-state index contributed by atoms with van der Waals surface area (Å²) < 4.78 is 10.2. The molecule has 10 nitrogen and oxygen atoms in total. The molecule has 1 amide bonds. The van der Waals surface area contributed by atoms with Crippen LogP contribution in [0.5, 0.6) is 0 Å². The zero-order valence-electron chi connectivity index (χ0n) is 15.1. The first-order valence-electron chi connectivity index (χ1n) is 9.16. The lowest BCUT2D eigenvalue weighted by Gasteiger charge is -2.36. The number of carbonyl (C=O) groups is 3. The number of carbonyl (C=O) groups excluding carboxylic acids is 2. The lowest BCUT2D eigenvalue weighted by atomic mass is 9.76. The van der Waals surface area contributed by atoms with E-state index in [4.69, 9.17) is 14.6 Å². The molecule has 1 unspecified atom stereocenters. The molecule has 3 fully saturated rings. The normalized spacial score (nSPS) is 24.4. The molecule has 0 aromatic carbocycles. The molecule has 0 radical (unpaired) electrons. The topological polar surface area (TPSA) is 126 Å². The van der Waals surface area contributed by atoms with E-state index in [1.54, 1.807) is 4.90 Å². The smallest absolute Gasteiger partial charge is 0.312 e. The number of piperidine rings is 1. The van der Waals surface area contributed by atoms with Gasteiger partial charge < -0.3 is 14.7 Å². The summed E-state index contributed by atoms with van der Waals surface area (Å²) in [6.45, 7) is 3.89. The number of cyclic esters (lactones) is 1. The largest absolute Gasteiger partial charge is 0.483 e. The third kappa shape index (κ3) is 4.26. The van der Waals surface area contributed by atoms with Gasteiger partial charge in [-0.25, -0.2) is 4.63 Å². The van der Waals surface area contributed by atoms with Crippen molar-refractivity contribution in [1.82, 2.24) is 20.1 Å². The van der Waals surface area contributed by atoms with Crippen molar-refractivity contribution in [1.29, 1.82) is 0 Å². The number of likely N-dealkylation sites (tertiary alicyclic amines) is 2. The van der Waals surface area contributed by atoms with Crippen LogP contribution in [0.25, 0.3) is 0 Å². The van der Waals surface area contributed by atoms with E-state index in [2.05, 4.69) is 19.8 Å². The molecule has 3 saturated heterocycles. The zero-order chi connectivity index (χ0) is 19.3. The molecule has 4 rings (SSSR count). The zero-order valence-corrected chi connectivity index (χ0v) is 15.1. The van der Waals surface area contributed by atoms with Crippen LogP contribution in [0.3, 0.4) is 0 Å². The standard InChI is InChI=1S/C16H22N4O4.CH2O2/c21-14(13-10-17-24-18-13)20-7-3-16(4-8-20)9-12(23-15(16)22)11-19-5-1-2-6-19;2-1-3/h10,12H,1-9,11H2;1H,(H,2,3). The van der Waals surface area contributed by atoms with Crippen LogP contribution in [0.15, 0.2) is 10.8 Å². The van der Waals surface area contributed by atoms with E-state index < -0.39 is 5.41 Å². The summed E-state index contributed by atoms with van der Waals surface area (Å²) in [5.41, 5.74) is -0.199. The van der Waals surface area contributed by atoms with E-state index in [0.717, 1.165) is 26.1 Å². The van der Waals surface area contributed by atoms with E-state index >= 15 is 0 Å². The van der Waals surface area contributed by atoms with E-state index in [1.807, 2.05) is 0 Å². The highest BCUT2D eigenvalue weighted by Gasteiger charge is 2.51. The number of amides is 1. The average Bonchev–Trinajstić information content (AvgIpc) is 3.40. The highest BCUT2D eigenvalue weighted by Crippen LogP contribution is 2.43. The van der Waals surface area contributed by atoms with Gasteiger partial charge in [-0.2, -0.15) is 0 Å². The Balaban J connectivity index is 0.000000659. The summed E-state index contributed by atoms with van der Waals surface area (Å²) in [7, 11) is 0. The number of rotatable bonds is 3. The number of nitrogens with zero attached hydrogens (tertiary/aromatic N) is 4. The van der Waals surface area contributed by atoms with Gasteiger partial charge in [-0.3, -0.25) is 19.3 Å². The molecular weight excluding hydrogens is 356 g/mol. The molecule has 0 aliphatic carbocycles. The van der Waals surface area contributed by atoms with Gasteiger partial charge in [0.1, 0.15) is 12.3 Å². The summed E-state index contributed by atoms with van der Waals surface area (Å²) in [6.07, 6.45) is 5.87. The first-order chi connectivity index (χ1) is 13.1. The van der Waals surface area contributed by atoms with Crippen LogP contribution in [0.2, 0.25) is 0 Å². The van der Waals surface area contributed by atoms with Crippen LogP contribution >= 0.6 is 0 Å². The van der Waals surface area contributed by atoms with Gasteiger partial charge >= 0.3 is 5.97 Å². The van der Waals surface area contributed by atoms with Crippen LogP contribution < -0.4 is 0 Å². The highest BCUT2D eigenvalue weighted by molar-refractivity contribution is 5.92. The van der Waals surface area contributed by atoms with Crippen molar-refractivity contribution in [2.24, 2.45) is 5.41 Å². The van der Waals surface area contributed by atoms with Gasteiger partial charge in [0.05, 0.1) is 5.41 Å². The van der Waals surface area contributed by atoms with Gasteiger partial charge in [-0.05, 0) is 43.9 Å². The SMILES string of the molecule is O=C(c1cnon1)N1CCC2(CC1)CC(CN1CCCC1)OC2=O.O=CO. The Labute approximate surface area is 156 Å². The molecule has 1 spiro atoms. The number of hydrogen-bond donors (Lipinski definition) is 1. The quantitative estimate of drug-likeness (QED) is 0.586. The minimum atomic E-state index is -0.413. The fourth-order valence-electron chi connectivity index (χ4n) is 4.16. The lowest BCUT2D eigenvalue weighted by Crippen LogP contribution is -2.45. The Bertz CT molecular complexity index is 650. The van der Waals surface area contributed by atoms with E-state index in [1.165, 1.54) is 19.0 Å². The monoisotopic (exact) mass is 380 g/mol. The number of carboxylic acid groups (broad SMARTS) is 1. The second-order valence-corrected chi connectivity index (χ2v) is 7.21. The first kappa shape index (κ1) is 19.3. The summed E-state index contributed by atoms with van der Waals surface area (Å²) >= 11 is 0. The molecule has 1 aromatic rings. The third-order valence-corrected chi connectivity index (χ3v) is 5.57. The van der Waals surface area contributed by atoms with Crippen LogP contribution in [0.4, 0.5) is 0 Å². The van der Waals surface area contributed by atoms with Crippen molar-refractivity contribution in [2.75, 3.05) is 32.7 Å². The number of ether oxygens (including phenoxy) is 1. The van der Waals surface area contributed by atoms with E-state index in [0.29, 0.717) is 25.9 Å².